The third-order valence-electron chi connectivity index (χ3n) is 7.93. The number of carbonyl (C=O) groups excluding carboxylic acids is 2. The van der Waals surface area contributed by atoms with Gasteiger partial charge < -0.3 is 19.7 Å². The van der Waals surface area contributed by atoms with E-state index >= 15 is 0 Å². The van der Waals surface area contributed by atoms with E-state index in [-0.39, 0.29) is 23.8 Å². The number of aromatic nitrogens is 3. The molecular weight excluding hydrogens is 506 g/mol. The Balaban J connectivity index is 0.995. The maximum atomic E-state index is 12.9. The van der Waals surface area contributed by atoms with Crippen LogP contribution in [0.5, 0.6) is 11.5 Å². The van der Waals surface area contributed by atoms with Crippen LogP contribution in [0, 0.1) is 5.92 Å². The van der Waals surface area contributed by atoms with Crippen LogP contribution in [0.4, 0.5) is 0 Å². The molecule has 3 aromatic carbocycles. The van der Waals surface area contributed by atoms with E-state index < -0.39 is 0 Å². The number of fused-ring (bicyclic) bond motifs is 2. The van der Waals surface area contributed by atoms with Gasteiger partial charge in [0, 0.05) is 31.0 Å². The van der Waals surface area contributed by atoms with Crippen molar-refractivity contribution in [2.24, 2.45) is 5.92 Å². The zero-order chi connectivity index (χ0) is 27.5. The Hall–Kier alpha value is -4.40. The Labute approximate surface area is 233 Å². The molecule has 0 saturated carbocycles. The lowest BCUT2D eigenvalue weighted by molar-refractivity contribution is -0.135. The van der Waals surface area contributed by atoms with E-state index in [1.54, 1.807) is 7.11 Å². The molecule has 6 rings (SSSR count). The molecule has 0 bridgehead atoms. The number of ether oxygens (including phenoxy) is 2. The van der Waals surface area contributed by atoms with E-state index in [1.165, 1.54) is 5.39 Å². The van der Waals surface area contributed by atoms with Gasteiger partial charge in [-0.25, -0.2) is 4.68 Å². The number of methoxy groups -OCH3 is 1. The molecule has 0 spiro atoms. The van der Waals surface area contributed by atoms with Gasteiger partial charge in [-0.2, -0.15) is 0 Å². The van der Waals surface area contributed by atoms with Crippen molar-refractivity contribution in [3.8, 4) is 11.5 Å². The van der Waals surface area contributed by atoms with Gasteiger partial charge in [0.05, 0.1) is 38.9 Å². The molecule has 1 aromatic heterocycles. The number of amides is 2. The van der Waals surface area contributed by atoms with Crippen LogP contribution >= 0.6 is 0 Å². The van der Waals surface area contributed by atoms with Gasteiger partial charge in [-0.05, 0) is 47.4 Å². The molecule has 0 unspecified atom stereocenters. The molecule has 2 amide bonds. The number of nitrogens with zero attached hydrogens (tertiary/aromatic N) is 4. The second-order valence-electron chi connectivity index (χ2n) is 10.5. The first-order chi connectivity index (χ1) is 19.6. The van der Waals surface area contributed by atoms with Gasteiger partial charge in [-0.3, -0.25) is 9.59 Å². The number of rotatable bonds is 7. The molecule has 1 N–H and O–H groups in total. The fourth-order valence-electron chi connectivity index (χ4n) is 5.65. The Morgan fingerprint density at radius 1 is 1.02 bits per heavy atom. The van der Waals surface area contributed by atoms with Gasteiger partial charge in [0.25, 0.3) is 0 Å². The second kappa shape index (κ2) is 11.4. The third-order valence-corrected chi connectivity index (χ3v) is 7.93. The van der Waals surface area contributed by atoms with Crippen molar-refractivity contribution in [1.82, 2.24) is 25.2 Å². The average molecular weight is 540 g/mol. The predicted molar refractivity (Wildman–Crippen MR) is 150 cm³/mol. The smallest absolute Gasteiger partial charge is 0.226 e. The molecule has 206 valence electrons. The lowest BCUT2D eigenvalue weighted by atomic mass is 9.95. The fraction of sp³-hybridized carbons (Fsp3) is 0.355. The number of benzene rings is 3. The van der Waals surface area contributed by atoms with Gasteiger partial charge in [0.1, 0.15) is 17.2 Å². The maximum Gasteiger partial charge on any atom is 0.226 e. The third kappa shape index (κ3) is 5.50. The SMILES string of the molecule is COc1ccc2c(c1)[C@H](n1cc(CNC(=O)C3CCN(C(=O)Cc4ccc5ccccc5c4)CC3)nn1)CCO2. The lowest BCUT2D eigenvalue weighted by Crippen LogP contribution is -2.43. The Kier molecular flexibility index (Phi) is 7.35. The maximum absolute atomic E-state index is 12.9. The summed E-state index contributed by atoms with van der Waals surface area (Å²) >= 11 is 0. The minimum absolute atomic E-state index is 0.00248. The van der Waals surface area contributed by atoms with Crippen LogP contribution in [0.15, 0.2) is 66.9 Å². The highest BCUT2D eigenvalue weighted by molar-refractivity contribution is 5.85. The van der Waals surface area contributed by atoms with E-state index in [4.69, 9.17) is 9.47 Å². The first-order valence-corrected chi connectivity index (χ1v) is 13.8. The minimum atomic E-state index is -0.116. The normalized spacial score (nSPS) is 17.2. The molecule has 1 saturated heterocycles. The molecule has 1 fully saturated rings. The van der Waals surface area contributed by atoms with E-state index in [2.05, 4.69) is 39.9 Å². The van der Waals surface area contributed by atoms with Crippen molar-refractivity contribution in [2.45, 2.75) is 38.3 Å². The van der Waals surface area contributed by atoms with Crippen molar-refractivity contribution < 1.29 is 19.1 Å². The first kappa shape index (κ1) is 25.9. The van der Waals surface area contributed by atoms with Crippen molar-refractivity contribution >= 4 is 22.6 Å². The summed E-state index contributed by atoms with van der Waals surface area (Å²) in [4.78, 5) is 27.7. The molecule has 9 heteroatoms. The van der Waals surface area contributed by atoms with Crippen molar-refractivity contribution in [3.05, 3.63) is 83.7 Å². The van der Waals surface area contributed by atoms with Gasteiger partial charge in [0.2, 0.25) is 11.8 Å². The van der Waals surface area contributed by atoms with E-state index in [9.17, 15) is 9.59 Å². The minimum Gasteiger partial charge on any atom is -0.497 e. The Bertz CT molecular complexity index is 1530. The number of likely N-dealkylation sites (tertiary alicyclic amines) is 1. The summed E-state index contributed by atoms with van der Waals surface area (Å²) in [7, 11) is 1.64. The molecule has 2 aliphatic heterocycles. The number of piperidine rings is 1. The standard InChI is InChI=1S/C31H33N5O4/c1-39-26-8-9-29-27(18-26)28(12-15-40-29)36-20-25(33-34-36)19-32-31(38)23-10-13-35(14-11-23)30(37)17-21-6-7-22-4-2-3-5-24(22)16-21/h2-9,16,18,20,23,28H,10-15,17,19H2,1H3,(H,32,38)/t28-/m1/s1. The van der Waals surface area contributed by atoms with Gasteiger partial charge >= 0.3 is 0 Å². The van der Waals surface area contributed by atoms with Crippen LogP contribution in [-0.4, -0.2) is 58.5 Å². The number of hydrogen-bond acceptors (Lipinski definition) is 6. The van der Waals surface area contributed by atoms with Gasteiger partial charge in [-0.15, -0.1) is 5.10 Å². The number of nitrogens with one attached hydrogen (secondary N) is 1. The first-order valence-electron chi connectivity index (χ1n) is 13.8. The van der Waals surface area contributed by atoms with E-state index in [1.807, 2.05) is 52.2 Å². The molecule has 40 heavy (non-hydrogen) atoms. The van der Waals surface area contributed by atoms with Crippen LogP contribution in [0.2, 0.25) is 0 Å². The summed E-state index contributed by atoms with van der Waals surface area (Å²) in [6, 6.07) is 20.1. The summed E-state index contributed by atoms with van der Waals surface area (Å²) in [5.41, 5.74) is 2.72. The zero-order valence-electron chi connectivity index (χ0n) is 22.6. The van der Waals surface area contributed by atoms with Gasteiger partial charge in [0.15, 0.2) is 0 Å². The van der Waals surface area contributed by atoms with Crippen molar-refractivity contribution in [3.63, 3.8) is 0 Å². The Morgan fingerprint density at radius 3 is 2.67 bits per heavy atom. The molecule has 0 radical (unpaired) electrons. The number of hydrogen-bond donors (Lipinski definition) is 1. The fourth-order valence-corrected chi connectivity index (χ4v) is 5.65. The second-order valence-corrected chi connectivity index (χ2v) is 10.5. The highest BCUT2D eigenvalue weighted by Crippen LogP contribution is 2.36. The van der Waals surface area contributed by atoms with E-state index in [0.29, 0.717) is 51.2 Å². The number of carbonyl (C=O) groups is 2. The predicted octanol–water partition coefficient (Wildman–Crippen LogP) is 3.91. The zero-order valence-corrected chi connectivity index (χ0v) is 22.6. The lowest BCUT2D eigenvalue weighted by Gasteiger charge is -2.31. The van der Waals surface area contributed by atoms with Gasteiger partial charge in [-0.1, -0.05) is 47.7 Å². The van der Waals surface area contributed by atoms with Crippen LogP contribution in [0.1, 0.15) is 42.1 Å². The largest absolute Gasteiger partial charge is 0.497 e. The molecule has 4 aromatic rings. The summed E-state index contributed by atoms with van der Waals surface area (Å²) < 4.78 is 13.0. The van der Waals surface area contributed by atoms with Crippen LogP contribution in [-0.2, 0) is 22.6 Å². The summed E-state index contributed by atoms with van der Waals surface area (Å²) in [5, 5.41) is 14.0. The van der Waals surface area contributed by atoms with E-state index in [0.717, 1.165) is 34.4 Å². The van der Waals surface area contributed by atoms with Crippen LogP contribution < -0.4 is 14.8 Å². The molecule has 3 heterocycles. The van der Waals surface area contributed by atoms with Crippen LogP contribution in [0.3, 0.4) is 0 Å². The molecule has 2 aliphatic rings. The molecule has 0 aliphatic carbocycles. The highest BCUT2D eigenvalue weighted by Gasteiger charge is 2.28. The van der Waals surface area contributed by atoms with Crippen molar-refractivity contribution in [2.75, 3.05) is 26.8 Å². The average Bonchev–Trinajstić information content (AvgIpc) is 3.48. The summed E-state index contributed by atoms with van der Waals surface area (Å²) in [6.07, 6.45) is 4.34. The molecular formula is C31H33N5O4. The quantitative estimate of drug-likeness (QED) is 0.383. The molecule has 9 nitrogen and oxygen atoms in total. The summed E-state index contributed by atoms with van der Waals surface area (Å²) in [5.74, 6) is 1.58. The topological polar surface area (TPSA) is 98.6 Å². The highest BCUT2D eigenvalue weighted by atomic mass is 16.5. The van der Waals surface area contributed by atoms with Crippen LogP contribution in [0.25, 0.3) is 10.8 Å². The Morgan fingerprint density at radius 2 is 1.85 bits per heavy atom. The summed E-state index contributed by atoms with van der Waals surface area (Å²) in [6.45, 7) is 2.09. The molecule has 1 atom stereocenters. The van der Waals surface area contributed by atoms with Crippen molar-refractivity contribution in [1.29, 1.82) is 0 Å². The monoisotopic (exact) mass is 539 g/mol.